The van der Waals surface area contributed by atoms with Crippen LogP contribution in [0.5, 0.6) is 5.75 Å². The molecule has 13 heteroatoms. The smallest absolute Gasteiger partial charge is 0.416 e. The Morgan fingerprint density at radius 2 is 1.83 bits per heavy atom. The van der Waals surface area contributed by atoms with Crippen molar-refractivity contribution < 1.29 is 33.0 Å². The molecule has 8 rings (SSSR count). The third-order valence-corrected chi connectivity index (χ3v) is 10.3. The number of ether oxygens (including phenoxy) is 3. The zero-order valence-corrected chi connectivity index (χ0v) is 26.1. The number of carbonyl (C=O) groups excluding carboxylic acids is 3. The number of benzene rings is 2. The zero-order chi connectivity index (χ0) is 32.4. The molecule has 4 aromatic rings. The summed E-state index contributed by atoms with van der Waals surface area (Å²) >= 11 is 1.56. The van der Waals surface area contributed by atoms with Crippen LogP contribution in [0.4, 0.5) is 9.18 Å². The van der Waals surface area contributed by atoms with E-state index in [1.807, 2.05) is 40.7 Å². The summed E-state index contributed by atoms with van der Waals surface area (Å²) in [6.45, 7) is 0.900. The number of pyridine rings is 1. The summed E-state index contributed by atoms with van der Waals surface area (Å²) in [4.78, 5) is 57.4. The molecule has 0 N–H and O–H groups in total. The van der Waals surface area contributed by atoms with Gasteiger partial charge in [0, 0.05) is 35.8 Å². The third-order valence-electron chi connectivity index (χ3n) is 9.34. The second-order valence-electron chi connectivity index (χ2n) is 11.8. The Bertz CT molecular complexity index is 2010. The number of amides is 2. The van der Waals surface area contributed by atoms with Gasteiger partial charge in [-0.05, 0) is 58.7 Å². The van der Waals surface area contributed by atoms with E-state index < -0.39 is 47.4 Å². The monoisotopic (exact) mass is 656 g/mol. The molecule has 3 aliphatic heterocycles. The van der Waals surface area contributed by atoms with E-state index in [4.69, 9.17) is 14.2 Å². The fourth-order valence-electron chi connectivity index (χ4n) is 7.26. The normalized spacial score (nSPS) is 21.2. The van der Waals surface area contributed by atoms with Crippen LogP contribution in [0.1, 0.15) is 40.5 Å². The molecule has 0 saturated carbocycles. The van der Waals surface area contributed by atoms with Gasteiger partial charge in [-0.1, -0.05) is 30.3 Å². The summed E-state index contributed by atoms with van der Waals surface area (Å²) < 4.78 is 33.0. The lowest BCUT2D eigenvalue weighted by molar-refractivity contribution is -0.145. The maximum absolute atomic E-state index is 14.9. The molecule has 11 nitrogen and oxygen atoms in total. The molecule has 0 bridgehead atoms. The van der Waals surface area contributed by atoms with Crippen molar-refractivity contribution in [1.82, 2.24) is 14.5 Å². The minimum absolute atomic E-state index is 0.127. The van der Waals surface area contributed by atoms with Gasteiger partial charge in [0.1, 0.15) is 18.0 Å². The van der Waals surface area contributed by atoms with E-state index in [1.165, 1.54) is 36.4 Å². The number of halogens is 1. The van der Waals surface area contributed by atoms with Gasteiger partial charge in [0.2, 0.25) is 11.2 Å². The topological polar surface area (TPSA) is 111 Å². The fourth-order valence-corrected chi connectivity index (χ4v) is 8.21. The lowest BCUT2D eigenvalue weighted by atomic mass is 9.92. The van der Waals surface area contributed by atoms with Crippen molar-refractivity contribution in [1.29, 1.82) is 0 Å². The molecule has 5 heterocycles. The number of hydrogen-bond donors (Lipinski definition) is 0. The van der Waals surface area contributed by atoms with Gasteiger partial charge >= 0.3 is 12.1 Å². The van der Waals surface area contributed by atoms with Crippen LogP contribution >= 0.6 is 11.3 Å². The molecule has 1 aliphatic carbocycles. The van der Waals surface area contributed by atoms with Crippen LogP contribution in [0.25, 0.3) is 21.6 Å². The van der Waals surface area contributed by atoms with Crippen molar-refractivity contribution in [3.8, 4) is 27.3 Å². The fraction of sp³-hybridized carbons (Fsp3) is 0.294. The number of nitrogens with zero attached hydrogens (tertiary/aromatic N) is 4. The maximum atomic E-state index is 14.9. The van der Waals surface area contributed by atoms with Crippen molar-refractivity contribution in [2.45, 2.75) is 31.1 Å². The Labute approximate surface area is 272 Å². The molecule has 240 valence electrons. The molecule has 2 saturated heterocycles. The highest BCUT2D eigenvalue weighted by atomic mass is 32.1. The highest BCUT2D eigenvalue weighted by molar-refractivity contribution is 7.14. The van der Waals surface area contributed by atoms with Crippen LogP contribution in [-0.4, -0.2) is 78.1 Å². The van der Waals surface area contributed by atoms with Gasteiger partial charge in [-0.15, -0.1) is 11.3 Å². The summed E-state index contributed by atoms with van der Waals surface area (Å²) in [5.74, 6) is -1.90. The number of fused-ring (bicyclic) bond motifs is 7. The Morgan fingerprint density at radius 3 is 2.68 bits per heavy atom. The highest BCUT2D eigenvalue weighted by Gasteiger charge is 2.47. The number of aromatic nitrogens is 1. The Kier molecular flexibility index (Phi) is 7.10. The first-order valence-corrected chi connectivity index (χ1v) is 16.2. The Morgan fingerprint density at radius 1 is 1.00 bits per heavy atom. The minimum Gasteiger partial charge on any atom is -0.467 e. The molecule has 4 aliphatic rings. The van der Waals surface area contributed by atoms with Crippen LogP contribution in [0.15, 0.2) is 71.0 Å². The van der Waals surface area contributed by atoms with Crippen LogP contribution in [0.3, 0.4) is 0 Å². The number of rotatable bonds is 3. The van der Waals surface area contributed by atoms with Crippen LogP contribution in [0, 0.1) is 5.82 Å². The molecular weight excluding hydrogens is 627 g/mol. The van der Waals surface area contributed by atoms with E-state index in [1.54, 1.807) is 27.0 Å². The summed E-state index contributed by atoms with van der Waals surface area (Å²) in [5.41, 5.74) is 3.46. The molecule has 1 unspecified atom stereocenters. The summed E-state index contributed by atoms with van der Waals surface area (Å²) in [5, 5.41) is 3.93. The largest absolute Gasteiger partial charge is 0.467 e. The maximum Gasteiger partial charge on any atom is 0.416 e. The van der Waals surface area contributed by atoms with Gasteiger partial charge in [0.05, 0.1) is 26.4 Å². The van der Waals surface area contributed by atoms with Crippen molar-refractivity contribution in [3.05, 3.63) is 99.0 Å². The van der Waals surface area contributed by atoms with Crippen LogP contribution in [-0.2, 0) is 14.3 Å². The van der Waals surface area contributed by atoms with E-state index >= 15 is 0 Å². The molecule has 2 fully saturated rings. The van der Waals surface area contributed by atoms with Crippen molar-refractivity contribution in [3.63, 3.8) is 0 Å². The lowest BCUT2D eigenvalue weighted by Crippen LogP contribution is -2.66. The average Bonchev–Trinajstić information content (AvgIpc) is 3.77. The number of thiophene rings is 1. The minimum atomic E-state index is -0.919. The van der Waals surface area contributed by atoms with Crippen molar-refractivity contribution in [2.24, 2.45) is 0 Å². The molecular formula is C34H29FN4O7S. The summed E-state index contributed by atoms with van der Waals surface area (Å²) in [7, 11) is 1.24. The standard InChI is InChI=1S/C34H29FN4O7S/c1-44-33(42)25-7-4-12-36(25)34(43)46-30-26(40)10-13-38-29(30)32(41)37-14-15-45-18-27(37)39(38)28-20-5-2-3-6-22(20)31-23(11-16-47-31)24-17-19(35)8-9-21(24)28/h2-3,5-6,8-11,13,16-17,25,27-28H,4,7,12,14-15,18H2,1H3/t25-,27+,28?/m0/s1. The average molecular weight is 657 g/mol. The SMILES string of the molecule is COC(=O)[C@@H]1CCCN1C(=O)Oc1c2n(ccc1=O)N(C1c3ccc(F)cc3-c3ccsc3-c3ccccc31)[C@@H]1COCCN1C2=O. The number of hydrogen-bond acceptors (Lipinski definition) is 9. The highest BCUT2D eigenvalue weighted by Crippen LogP contribution is 2.50. The molecule has 47 heavy (non-hydrogen) atoms. The van der Waals surface area contributed by atoms with Crippen molar-refractivity contribution in [2.75, 3.05) is 38.4 Å². The summed E-state index contributed by atoms with van der Waals surface area (Å²) in [6, 6.07) is 14.4. The van der Waals surface area contributed by atoms with Crippen molar-refractivity contribution >= 4 is 29.3 Å². The predicted octanol–water partition coefficient (Wildman–Crippen LogP) is 4.37. The van der Waals surface area contributed by atoms with Gasteiger partial charge in [-0.25, -0.2) is 14.0 Å². The van der Waals surface area contributed by atoms with Crippen LogP contribution < -0.4 is 15.2 Å². The number of carbonyl (C=O) groups is 3. The molecule has 0 spiro atoms. The molecule has 2 amide bonds. The number of esters is 1. The molecule has 2 aromatic carbocycles. The second-order valence-corrected chi connectivity index (χ2v) is 12.7. The first kappa shape index (κ1) is 29.4. The molecule has 2 aromatic heterocycles. The third kappa shape index (κ3) is 4.55. The van der Waals surface area contributed by atoms with E-state index in [-0.39, 0.29) is 37.8 Å². The number of likely N-dealkylation sites (tertiary alicyclic amines) is 1. The van der Waals surface area contributed by atoms with Gasteiger partial charge in [-0.3, -0.25) is 24.2 Å². The van der Waals surface area contributed by atoms with Crippen LogP contribution in [0.2, 0.25) is 0 Å². The number of morpholine rings is 1. The summed E-state index contributed by atoms with van der Waals surface area (Å²) in [6.07, 6.45) is 0.901. The van der Waals surface area contributed by atoms with Gasteiger partial charge in [0.15, 0.2) is 5.69 Å². The Balaban J connectivity index is 1.33. The zero-order valence-electron chi connectivity index (χ0n) is 25.3. The van der Waals surface area contributed by atoms with Gasteiger partial charge in [0.25, 0.3) is 5.91 Å². The molecule has 0 radical (unpaired) electrons. The first-order chi connectivity index (χ1) is 22.9. The quantitative estimate of drug-likeness (QED) is 0.299. The lowest BCUT2D eigenvalue weighted by Gasteiger charge is -2.51. The Hall–Kier alpha value is -5.01. The van der Waals surface area contributed by atoms with E-state index in [9.17, 15) is 23.6 Å². The first-order valence-electron chi connectivity index (χ1n) is 15.3. The van der Waals surface area contributed by atoms with E-state index in [0.29, 0.717) is 18.4 Å². The number of methoxy groups -OCH3 is 1. The molecule has 3 atom stereocenters. The van der Waals surface area contributed by atoms with E-state index in [2.05, 4.69) is 0 Å². The van der Waals surface area contributed by atoms with Gasteiger partial charge < -0.3 is 19.1 Å². The predicted molar refractivity (Wildman–Crippen MR) is 169 cm³/mol. The second kappa shape index (κ2) is 11.4. The van der Waals surface area contributed by atoms with Gasteiger partial charge in [-0.2, -0.15) is 0 Å². The van der Waals surface area contributed by atoms with E-state index in [0.717, 1.165) is 27.1 Å².